The van der Waals surface area contributed by atoms with Gasteiger partial charge in [-0.2, -0.15) is 0 Å². The van der Waals surface area contributed by atoms with Gasteiger partial charge in [-0.15, -0.1) is 0 Å². The van der Waals surface area contributed by atoms with Gasteiger partial charge in [0.15, 0.2) is 0 Å². The van der Waals surface area contributed by atoms with Crippen LogP contribution in [-0.2, 0) is 0 Å². The van der Waals surface area contributed by atoms with Gasteiger partial charge in [-0.05, 0) is 126 Å². The van der Waals surface area contributed by atoms with Gasteiger partial charge >= 0.3 is 0 Å². The first-order valence-electron chi connectivity index (χ1n) is 21.2. The van der Waals surface area contributed by atoms with Crippen molar-refractivity contribution in [3.05, 3.63) is 237 Å². The van der Waals surface area contributed by atoms with Crippen molar-refractivity contribution in [1.82, 2.24) is 0 Å². The van der Waals surface area contributed by atoms with E-state index in [4.69, 9.17) is 4.42 Å². The lowest BCUT2D eigenvalue weighted by atomic mass is 9.90. The van der Waals surface area contributed by atoms with Crippen molar-refractivity contribution >= 4 is 71.3 Å². The summed E-state index contributed by atoms with van der Waals surface area (Å²) in [6.07, 6.45) is 0. The molecule has 1 aromatic heterocycles. The summed E-state index contributed by atoms with van der Waals surface area (Å²) in [5.74, 6) is 0. The van der Waals surface area contributed by atoms with Crippen molar-refractivity contribution in [2.24, 2.45) is 0 Å². The van der Waals surface area contributed by atoms with E-state index in [0.717, 1.165) is 66.8 Å². The van der Waals surface area contributed by atoms with Gasteiger partial charge in [-0.1, -0.05) is 182 Å². The molecule has 62 heavy (non-hydrogen) atoms. The molecule has 290 valence electrons. The molecular weight excluding hydrogens is 751 g/mol. The highest BCUT2D eigenvalue weighted by Gasteiger charge is 2.22. The summed E-state index contributed by atoms with van der Waals surface area (Å²) in [7, 11) is 0. The smallest absolute Gasteiger partial charge is 0.136 e. The van der Waals surface area contributed by atoms with E-state index in [0.29, 0.717) is 0 Å². The molecule has 0 saturated carbocycles. The Kier molecular flexibility index (Phi) is 8.53. The molecule has 0 atom stereocenters. The molecule has 0 amide bonds. The summed E-state index contributed by atoms with van der Waals surface area (Å²) in [5, 5.41) is 9.65. The van der Waals surface area contributed by atoms with Gasteiger partial charge in [0.25, 0.3) is 0 Å². The zero-order valence-electron chi connectivity index (χ0n) is 33.9. The quantitative estimate of drug-likeness (QED) is 0.150. The third kappa shape index (κ3) is 6.04. The lowest BCUT2D eigenvalue weighted by Crippen LogP contribution is -2.11. The largest absolute Gasteiger partial charge is 0.456 e. The Morgan fingerprint density at radius 1 is 0.274 bits per heavy atom. The van der Waals surface area contributed by atoms with E-state index in [1.54, 1.807) is 0 Å². The first kappa shape index (κ1) is 35.7. The van der Waals surface area contributed by atoms with E-state index in [1.165, 1.54) is 49.0 Å². The average Bonchev–Trinajstić information content (AvgIpc) is 3.71. The highest BCUT2D eigenvalue weighted by molar-refractivity contribution is 6.17. The van der Waals surface area contributed by atoms with Gasteiger partial charge in [0.05, 0.1) is 5.69 Å². The SMILES string of the molecule is c1ccc(-c2cc(N(c3ccc(-c4cc5ccccc5c5ccccc45)cc3)c3ccccc3-c3ccccc3)ccc2-c2cccc3oc4cc5ccccc5cc4c23)cc1. The van der Waals surface area contributed by atoms with Crippen molar-refractivity contribution in [2.45, 2.75) is 0 Å². The second-order valence-electron chi connectivity index (χ2n) is 16.0. The van der Waals surface area contributed by atoms with Crippen LogP contribution in [0.1, 0.15) is 0 Å². The zero-order chi connectivity index (χ0) is 41.0. The van der Waals surface area contributed by atoms with E-state index in [1.807, 2.05) is 0 Å². The Morgan fingerprint density at radius 3 is 1.63 bits per heavy atom. The monoisotopic (exact) mass is 789 g/mol. The molecule has 0 spiro atoms. The highest BCUT2D eigenvalue weighted by atomic mass is 16.3. The maximum absolute atomic E-state index is 6.58. The molecule has 11 aromatic carbocycles. The van der Waals surface area contributed by atoms with Crippen LogP contribution in [0.5, 0.6) is 0 Å². The number of anilines is 3. The van der Waals surface area contributed by atoms with Gasteiger partial charge in [-0.25, -0.2) is 0 Å². The normalized spacial score (nSPS) is 11.5. The minimum absolute atomic E-state index is 0.883. The van der Waals surface area contributed by atoms with Crippen LogP contribution in [0, 0.1) is 0 Å². The van der Waals surface area contributed by atoms with E-state index in [-0.39, 0.29) is 0 Å². The molecule has 0 bridgehead atoms. The van der Waals surface area contributed by atoms with Crippen molar-refractivity contribution in [1.29, 1.82) is 0 Å². The first-order valence-corrected chi connectivity index (χ1v) is 21.2. The third-order valence-electron chi connectivity index (χ3n) is 12.4. The summed E-state index contributed by atoms with van der Waals surface area (Å²) < 4.78 is 6.58. The Bertz CT molecular complexity index is 3620. The number of hydrogen-bond acceptors (Lipinski definition) is 2. The van der Waals surface area contributed by atoms with Crippen LogP contribution < -0.4 is 4.90 Å². The highest BCUT2D eigenvalue weighted by Crippen LogP contribution is 2.47. The van der Waals surface area contributed by atoms with E-state index in [9.17, 15) is 0 Å². The molecule has 1 heterocycles. The predicted octanol–water partition coefficient (Wildman–Crippen LogP) is 17.2. The summed E-state index contributed by atoms with van der Waals surface area (Å²) in [4.78, 5) is 2.42. The number of furan rings is 1. The van der Waals surface area contributed by atoms with Gasteiger partial charge in [-0.3, -0.25) is 0 Å². The first-order chi connectivity index (χ1) is 30.7. The number of para-hydroxylation sites is 1. The molecule has 12 aromatic rings. The fourth-order valence-corrected chi connectivity index (χ4v) is 9.54. The molecule has 2 nitrogen and oxygen atoms in total. The van der Waals surface area contributed by atoms with E-state index < -0.39 is 0 Å². The molecule has 0 N–H and O–H groups in total. The van der Waals surface area contributed by atoms with Crippen LogP contribution in [0.4, 0.5) is 17.1 Å². The lowest BCUT2D eigenvalue weighted by Gasteiger charge is -2.29. The maximum Gasteiger partial charge on any atom is 0.136 e. The second-order valence-corrected chi connectivity index (χ2v) is 16.0. The summed E-state index contributed by atoms with van der Waals surface area (Å²) in [6.45, 7) is 0. The molecule has 2 heteroatoms. The summed E-state index contributed by atoms with van der Waals surface area (Å²) in [6, 6.07) is 85.5. The molecule has 0 unspecified atom stereocenters. The van der Waals surface area contributed by atoms with Crippen molar-refractivity contribution in [3.63, 3.8) is 0 Å². The molecule has 0 aliphatic carbocycles. The van der Waals surface area contributed by atoms with Gasteiger partial charge in [0.1, 0.15) is 11.2 Å². The Morgan fingerprint density at radius 2 is 0.855 bits per heavy atom. The van der Waals surface area contributed by atoms with E-state index in [2.05, 4.69) is 241 Å². The number of rotatable bonds is 7. The van der Waals surface area contributed by atoms with Crippen LogP contribution in [0.3, 0.4) is 0 Å². The van der Waals surface area contributed by atoms with Crippen LogP contribution in [0.15, 0.2) is 241 Å². The Hall–Kier alpha value is -8.20. The number of fused-ring (bicyclic) bond motifs is 7. The van der Waals surface area contributed by atoms with Crippen molar-refractivity contribution in [3.8, 4) is 44.5 Å². The minimum atomic E-state index is 0.883. The van der Waals surface area contributed by atoms with Crippen LogP contribution in [0.2, 0.25) is 0 Å². The molecule has 0 aliphatic rings. The fraction of sp³-hybridized carbons (Fsp3) is 0. The Labute approximate surface area is 360 Å². The average molecular weight is 790 g/mol. The van der Waals surface area contributed by atoms with Gasteiger partial charge in [0.2, 0.25) is 0 Å². The van der Waals surface area contributed by atoms with E-state index >= 15 is 0 Å². The third-order valence-corrected chi connectivity index (χ3v) is 12.4. The topological polar surface area (TPSA) is 16.4 Å². The standard InChI is InChI=1S/C60H39NO/c1-3-16-40(17-4-1)49-24-13-14-28-57(49)61(46-32-30-42(31-33-46)54-37-45-22-9-10-23-48(45)50-25-11-12-26-51(50)54)47-34-35-52(55(39-47)41-18-5-2-6-19-41)53-27-15-29-58-60(53)56-36-43-20-7-8-21-44(43)38-59(56)62-58/h1-39H. The molecule has 0 aliphatic heterocycles. The Balaban J connectivity index is 1.07. The number of hydrogen-bond donors (Lipinski definition) is 0. The zero-order valence-corrected chi connectivity index (χ0v) is 33.9. The molecule has 0 fully saturated rings. The van der Waals surface area contributed by atoms with Gasteiger partial charge in [0, 0.05) is 27.7 Å². The van der Waals surface area contributed by atoms with Gasteiger partial charge < -0.3 is 9.32 Å². The van der Waals surface area contributed by atoms with Crippen LogP contribution in [0.25, 0.3) is 98.8 Å². The lowest BCUT2D eigenvalue weighted by molar-refractivity contribution is 0.669. The summed E-state index contributed by atoms with van der Waals surface area (Å²) >= 11 is 0. The van der Waals surface area contributed by atoms with Crippen molar-refractivity contribution in [2.75, 3.05) is 4.90 Å². The second kappa shape index (κ2) is 14.8. The maximum atomic E-state index is 6.58. The minimum Gasteiger partial charge on any atom is -0.456 e. The van der Waals surface area contributed by atoms with Crippen molar-refractivity contribution < 1.29 is 4.42 Å². The molecular formula is C60H39NO. The number of benzene rings is 11. The fourth-order valence-electron chi connectivity index (χ4n) is 9.54. The molecule has 0 saturated heterocycles. The summed E-state index contributed by atoms with van der Waals surface area (Å²) in [5.41, 5.74) is 14.3. The molecule has 12 rings (SSSR count). The van der Waals surface area contributed by atoms with Crippen LogP contribution >= 0.6 is 0 Å². The number of nitrogens with zero attached hydrogens (tertiary/aromatic N) is 1. The predicted molar refractivity (Wildman–Crippen MR) is 263 cm³/mol. The van der Waals surface area contributed by atoms with Crippen LogP contribution in [-0.4, -0.2) is 0 Å². The molecule has 0 radical (unpaired) electrons.